The maximum absolute atomic E-state index is 13.3. The number of carbonyl (C=O) groups excluding carboxylic acids is 4. The predicted molar refractivity (Wildman–Crippen MR) is 335 cm³/mol. The number of aliphatic imine (C=N–C) groups is 1. The zero-order valence-electron chi connectivity index (χ0n) is 49.8. The number of primary amides is 1. The molecule has 446 valence electrons. The lowest BCUT2D eigenvalue weighted by molar-refractivity contribution is -0.120. The Morgan fingerprint density at radius 3 is 2.20 bits per heavy atom. The minimum atomic E-state index is -1.06. The lowest BCUT2D eigenvalue weighted by atomic mass is 9.80. The average Bonchev–Trinajstić information content (AvgIpc) is 4.27. The predicted octanol–water partition coefficient (Wildman–Crippen LogP) is 8.81. The van der Waals surface area contributed by atoms with Crippen LogP contribution >= 0.6 is 11.3 Å². The quantitative estimate of drug-likeness (QED) is 0.0508. The Bertz CT molecular complexity index is 3390. The monoisotopic (exact) mass is 1160 g/mol. The van der Waals surface area contributed by atoms with Crippen molar-refractivity contribution >= 4 is 58.5 Å². The number of rotatable bonds is 9. The second kappa shape index (κ2) is 32.4. The maximum Gasteiger partial charge on any atom is 0.405 e. The van der Waals surface area contributed by atoms with Crippen LogP contribution in [0.3, 0.4) is 0 Å². The van der Waals surface area contributed by atoms with Gasteiger partial charge in [-0.1, -0.05) is 139 Å². The fourth-order valence-corrected chi connectivity index (χ4v) is 10.8. The Kier molecular flexibility index (Phi) is 25.9. The van der Waals surface area contributed by atoms with Crippen molar-refractivity contribution in [1.82, 2.24) is 10.3 Å². The van der Waals surface area contributed by atoms with Gasteiger partial charge in [-0.2, -0.15) is 0 Å². The lowest BCUT2D eigenvalue weighted by Crippen LogP contribution is -2.34. The van der Waals surface area contributed by atoms with Crippen LogP contribution in [0.4, 0.5) is 10.5 Å². The summed E-state index contributed by atoms with van der Waals surface area (Å²) in [6.07, 6.45) is 6.33. The molecule has 0 saturated carbocycles. The fraction of sp³-hybridized carbons (Fsp3) is 0.353. The number of nitrogens with zero attached hydrogens (tertiary/aromatic N) is 2. The Labute approximate surface area is 498 Å². The van der Waals surface area contributed by atoms with Crippen molar-refractivity contribution in [3.63, 3.8) is 0 Å². The summed E-state index contributed by atoms with van der Waals surface area (Å²) in [5.74, 6) is -3.38. The molecule has 0 spiro atoms. The molecule has 15 nitrogen and oxygen atoms in total. The summed E-state index contributed by atoms with van der Waals surface area (Å²) in [5, 5.41) is 58.1. The van der Waals surface area contributed by atoms with E-state index in [1.807, 2.05) is 29.9 Å². The number of fused-ring (bicyclic) bond motifs is 3. The van der Waals surface area contributed by atoms with E-state index in [2.05, 4.69) is 122 Å². The van der Waals surface area contributed by atoms with Crippen LogP contribution < -0.4 is 27.2 Å². The molecule has 1 aromatic heterocycles. The molecule has 0 saturated heterocycles. The highest BCUT2D eigenvalue weighted by atomic mass is 32.1. The number of hydrogen-bond donors (Lipinski definition) is 8. The van der Waals surface area contributed by atoms with Gasteiger partial charge in [0.1, 0.15) is 11.9 Å². The van der Waals surface area contributed by atoms with Gasteiger partial charge in [0.2, 0.25) is 5.78 Å². The summed E-state index contributed by atoms with van der Waals surface area (Å²) in [6.45, 7) is 20.4. The number of hydrogen-bond acceptors (Lipinski definition) is 14. The highest BCUT2D eigenvalue weighted by molar-refractivity contribution is 7.07. The molecule has 16 heteroatoms. The van der Waals surface area contributed by atoms with Crippen LogP contribution in [-0.4, -0.2) is 98.4 Å². The summed E-state index contributed by atoms with van der Waals surface area (Å²) in [4.78, 5) is 59.2. The molecule has 10 N–H and O–H groups in total. The number of para-hydroxylation sites is 1. The first kappa shape index (κ1) is 67.1. The number of ketones is 2. The molecular weight excluding hydrogens is 1080 g/mol. The van der Waals surface area contributed by atoms with Crippen LogP contribution in [0.1, 0.15) is 113 Å². The van der Waals surface area contributed by atoms with Gasteiger partial charge in [-0.3, -0.25) is 19.4 Å². The molecule has 2 aliphatic heterocycles. The first-order chi connectivity index (χ1) is 40.1. The normalized spacial score (nSPS) is 21.7. The van der Waals surface area contributed by atoms with Gasteiger partial charge in [0.25, 0.3) is 5.91 Å². The number of benzene rings is 4. The van der Waals surface area contributed by atoms with E-state index in [0.29, 0.717) is 11.3 Å². The van der Waals surface area contributed by atoms with Crippen molar-refractivity contribution < 1.29 is 49.4 Å². The van der Waals surface area contributed by atoms with Crippen LogP contribution in [0, 0.1) is 30.6 Å². The van der Waals surface area contributed by atoms with Gasteiger partial charge in [0, 0.05) is 59.0 Å². The number of carbonyl (C=O) groups is 4. The van der Waals surface area contributed by atoms with Crippen LogP contribution in [0.15, 0.2) is 159 Å². The van der Waals surface area contributed by atoms with E-state index in [-0.39, 0.29) is 53.7 Å². The molecule has 0 unspecified atom stereocenters. The number of nitrogens with one attached hydrogen (secondary N) is 1. The number of aliphatic hydroxyl groups is 4. The largest absolute Gasteiger partial charge is 0.508 e. The van der Waals surface area contributed by atoms with Crippen molar-refractivity contribution in [3.05, 3.63) is 204 Å². The zero-order valence-corrected chi connectivity index (χ0v) is 50.6. The summed E-state index contributed by atoms with van der Waals surface area (Å²) in [7, 11) is 0. The number of aliphatic hydroxyl groups excluding tert-OH is 4. The second-order valence-electron chi connectivity index (χ2n) is 21.7. The van der Waals surface area contributed by atoms with Crippen LogP contribution in [0.2, 0.25) is 0 Å². The van der Waals surface area contributed by atoms with E-state index in [1.165, 1.54) is 47.4 Å². The number of ether oxygens (including phenoxy) is 1. The molecule has 3 heterocycles. The highest BCUT2D eigenvalue weighted by Gasteiger charge is 2.33. The number of aryl methyl sites for hydroxylation is 2. The molecule has 0 radical (unpaired) electrons. The molecule has 3 aliphatic rings. The minimum Gasteiger partial charge on any atom is -0.508 e. The second-order valence-corrected chi connectivity index (χ2v) is 22.4. The summed E-state index contributed by atoms with van der Waals surface area (Å²) >= 11 is 1.61. The first-order valence-corrected chi connectivity index (χ1v) is 29.3. The van der Waals surface area contributed by atoms with Crippen molar-refractivity contribution in [2.45, 2.75) is 106 Å². The number of aromatic hydroxyl groups is 1. The summed E-state index contributed by atoms with van der Waals surface area (Å²) in [5.41, 5.74) is 23.9. The van der Waals surface area contributed by atoms with Gasteiger partial charge >= 0.3 is 6.09 Å². The number of phenols is 1. The van der Waals surface area contributed by atoms with Gasteiger partial charge in [0.05, 0.1) is 47.6 Å². The molecule has 8 rings (SSSR count). The minimum absolute atomic E-state index is 0.0560. The van der Waals surface area contributed by atoms with Gasteiger partial charge in [-0.25, -0.2) is 9.78 Å². The summed E-state index contributed by atoms with van der Waals surface area (Å²) < 4.78 is 5.28. The third-order valence-electron chi connectivity index (χ3n) is 14.7. The Morgan fingerprint density at radius 1 is 0.940 bits per heavy atom. The van der Waals surface area contributed by atoms with E-state index >= 15 is 0 Å². The van der Waals surface area contributed by atoms with Crippen molar-refractivity contribution in [3.8, 4) is 5.75 Å². The Hall–Kier alpha value is -7.70. The fourth-order valence-electron chi connectivity index (χ4n) is 10.2. The number of aromatic nitrogens is 1. The third-order valence-corrected chi connectivity index (χ3v) is 15.3. The topological polar surface area (TPSA) is 268 Å². The molecule has 84 heavy (non-hydrogen) atoms. The maximum atomic E-state index is 13.3. The van der Waals surface area contributed by atoms with Gasteiger partial charge in [0.15, 0.2) is 5.78 Å². The summed E-state index contributed by atoms with van der Waals surface area (Å²) in [6, 6.07) is 29.5. The van der Waals surface area contributed by atoms with Crippen molar-refractivity contribution in [1.29, 1.82) is 0 Å². The number of nitrogens with two attached hydrogens (primary N) is 2. The average molecular weight is 1160 g/mol. The molecule has 5 aromatic rings. The number of Topliss-reactive ketones (excluding diaryl/α,β-unsaturated/α-hetero) is 1. The van der Waals surface area contributed by atoms with Gasteiger partial charge in [-0.15, -0.1) is 11.3 Å². The smallest absolute Gasteiger partial charge is 0.405 e. The van der Waals surface area contributed by atoms with E-state index in [9.17, 15) is 44.7 Å². The Balaban J connectivity index is 0.000000248. The highest BCUT2D eigenvalue weighted by Crippen LogP contribution is 2.35. The molecule has 4 aromatic carbocycles. The number of amides is 2. The van der Waals surface area contributed by atoms with Gasteiger partial charge < -0.3 is 47.1 Å². The molecule has 2 bridgehead atoms. The molecule has 2 amide bonds. The first-order valence-electron chi connectivity index (χ1n) is 28.4. The standard InChI is InChI=1S/C29H40N2O9.C26H28O.C11H8N2S.C2H7N/c1-15-8-20(13-33)25(36)17(3)10-18(4)27(40-29(30)39)19(12-32)7-5-6-16(2)28(38)31-23-11-24(35)22(14-34)21(9-15)26(23)37;1-6-20-9-13-22(14-10-20)26(21-11-7-18(4)8-12-21)24-16-23(17(2)3)25(27)15-19(24)5;1-2-4-9-8(3-1)5-10(13-9)11-6-14-7-12-11;1-2-3/h5-7,10-11,15,17,19-20,25,27,32-34,36H,8-9,12-14H2,1-4H3,(H2,30,39)(H,31,38);7-17,27H,4,6H2,1-3,5H3;1-4,6-7H,5H2;2-3H2,1H3/b7-5-,16-6+,18-10+;;;/t15-,17-,19+,20+,25+,27-;;;/m0.../s1. The lowest BCUT2D eigenvalue weighted by Gasteiger charge is -2.29. The SMILES string of the molecule is C/C1=C\C=C/[C@H](CO)[C@@H](OC(N)=O)/C(C)=C/[C@H](C)[C@@H](O)[C@@H](CO)C[C@H](C)CC2=C(CO)C(=O)C=C(NC1=O)C2=O.C=c1ccc(=C(c2ccc(CC)cc2)c2cc(C(C)C)c(O)cc2C)cc1.CCN.c1ccc2c(c1)CC(c1cscn1)=N2. The van der Waals surface area contributed by atoms with Crippen LogP contribution in [0.5, 0.6) is 5.75 Å². The van der Waals surface area contributed by atoms with E-state index in [4.69, 9.17) is 16.2 Å². The molecule has 1 aliphatic carbocycles. The van der Waals surface area contributed by atoms with E-state index in [0.717, 1.165) is 69.7 Å². The van der Waals surface area contributed by atoms with E-state index in [1.54, 1.807) is 38.2 Å². The number of thiazole rings is 1. The zero-order chi connectivity index (χ0) is 61.8. The van der Waals surface area contributed by atoms with Crippen molar-refractivity contribution in [2.24, 2.45) is 40.1 Å². The molecule has 0 fully saturated rings. The van der Waals surface area contributed by atoms with Gasteiger partial charge in [-0.05, 0) is 132 Å². The van der Waals surface area contributed by atoms with E-state index < -0.39 is 66.7 Å². The van der Waals surface area contributed by atoms with Crippen molar-refractivity contribution in [2.75, 3.05) is 26.4 Å². The Morgan fingerprint density at radius 2 is 1.62 bits per heavy atom. The molecule has 6 atom stereocenters. The van der Waals surface area contributed by atoms with Crippen LogP contribution in [-0.2, 0) is 32.0 Å². The van der Waals surface area contributed by atoms with Crippen LogP contribution in [0.25, 0.3) is 12.2 Å². The number of phenolic OH excluding ortho intramolecular Hbond substituents is 1. The number of allylic oxidation sites excluding steroid dienone is 4. The third kappa shape index (κ3) is 18.2. The molecular formula is C68H83N5O10S.